The molecule has 0 aliphatic heterocycles. The first kappa shape index (κ1) is 16.9. The molecule has 0 saturated carbocycles. The van der Waals surface area contributed by atoms with Gasteiger partial charge in [-0.1, -0.05) is 42.5 Å². The van der Waals surface area contributed by atoms with E-state index >= 15 is 0 Å². The summed E-state index contributed by atoms with van der Waals surface area (Å²) in [6, 6.07) is 19.7. The predicted molar refractivity (Wildman–Crippen MR) is 104 cm³/mol. The smallest absolute Gasteiger partial charge is 0.311 e. The largest absolute Gasteiger partial charge is 0.469 e. The minimum absolute atomic E-state index is 0.0432. The Labute approximate surface area is 156 Å². The summed E-state index contributed by atoms with van der Waals surface area (Å²) in [5, 5.41) is 11.1. The molecule has 0 atom stereocenters. The molecule has 0 aliphatic rings. The summed E-state index contributed by atoms with van der Waals surface area (Å²) in [5.41, 5.74) is 2.99. The third kappa shape index (κ3) is 3.17. The standard InChI is InChI=1S/C21H18N4O2/c1-14-7-5-12-19-22-18(13-20(26)27-2)21(25(14)19)24-23-17-11-6-9-15-8-3-4-10-16(15)17/h3-12H,13H2,1-2H3. The highest BCUT2D eigenvalue weighted by Gasteiger charge is 2.17. The van der Waals surface area contributed by atoms with Gasteiger partial charge in [0.1, 0.15) is 5.65 Å². The van der Waals surface area contributed by atoms with Crippen LogP contribution in [0.4, 0.5) is 11.5 Å². The van der Waals surface area contributed by atoms with Gasteiger partial charge in [-0.25, -0.2) is 4.98 Å². The lowest BCUT2D eigenvalue weighted by Gasteiger charge is -2.03. The van der Waals surface area contributed by atoms with Crippen molar-refractivity contribution in [3.05, 3.63) is 72.1 Å². The summed E-state index contributed by atoms with van der Waals surface area (Å²) in [5.74, 6) is 0.180. The molecule has 6 nitrogen and oxygen atoms in total. The molecule has 2 aromatic heterocycles. The van der Waals surface area contributed by atoms with Gasteiger partial charge in [-0.2, -0.15) is 0 Å². The molecule has 0 unspecified atom stereocenters. The van der Waals surface area contributed by atoms with Crippen molar-refractivity contribution in [2.24, 2.45) is 10.2 Å². The quantitative estimate of drug-likeness (QED) is 0.384. The van der Waals surface area contributed by atoms with E-state index in [1.165, 1.54) is 7.11 Å². The maximum Gasteiger partial charge on any atom is 0.311 e. The molecule has 0 saturated heterocycles. The zero-order valence-corrected chi connectivity index (χ0v) is 15.1. The highest BCUT2D eigenvalue weighted by molar-refractivity contribution is 5.92. The van der Waals surface area contributed by atoms with Gasteiger partial charge in [0, 0.05) is 11.1 Å². The van der Waals surface area contributed by atoms with E-state index in [2.05, 4.69) is 15.2 Å². The van der Waals surface area contributed by atoms with Crippen molar-refractivity contribution in [1.29, 1.82) is 0 Å². The van der Waals surface area contributed by atoms with Gasteiger partial charge < -0.3 is 4.74 Å². The maximum atomic E-state index is 11.8. The van der Waals surface area contributed by atoms with Gasteiger partial charge in [-0.05, 0) is 30.5 Å². The monoisotopic (exact) mass is 358 g/mol. The number of methoxy groups -OCH3 is 1. The van der Waals surface area contributed by atoms with E-state index < -0.39 is 0 Å². The molecule has 0 fully saturated rings. The first-order chi connectivity index (χ1) is 13.2. The molecule has 27 heavy (non-hydrogen) atoms. The van der Waals surface area contributed by atoms with Gasteiger partial charge in [0.25, 0.3) is 0 Å². The second-order valence-corrected chi connectivity index (χ2v) is 6.19. The summed E-state index contributed by atoms with van der Waals surface area (Å²) in [6.07, 6.45) is 0.0432. The van der Waals surface area contributed by atoms with Crippen LogP contribution in [-0.4, -0.2) is 22.5 Å². The Morgan fingerprint density at radius 1 is 1.04 bits per heavy atom. The van der Waals surface area contributed by atoms with Crippen LogP contribution in [-0.2, 0) is 16.0 Å². The Balaban J connectivity index is 1.85. The van der Waals surface area contributed by atoms with E-state index in [0.29, 0.717) is 11.5 Å². The van der Waals surface area contributed by atoms with Gasteiger partial charge in [-0.15, -0.1) is 10.2 Å². The summed E-state index contributed by atoms with van der Waals surface area (Å²) < 4.78 is 6.69. The molecule has 0 bridgehead atoms. The molecule has 2 aromatic carbocycles. The number of nitrogens with zero attached hydrogens (tertiary/aromatic N) is 4. The van der Waals surface area contributed by atoms with Crippen molar-refractivity contribution in [1.82, 2.24) is 9.38 Å². The molecule has 134 valence electrons. The number of carbonyl (C=O) groups excluding carboxylic acids is 1. The molecule has 0 radical (unpaired) electrons. The van der Waals surface area contributed by atoms with Crippen molar-refractivity contribution in [2.75, 3.05) is 7.11 Å². The molecule has 4 aromatic rings. The number of ether oxygens (including phenoxy) is 1. The third-order valence-corrected chi connectivity index (χ3v) is 4.44. The number of benzene rings is 2. The zero-order valence-electron chi connectivity index (χ0n) is 15.1. The average molecular weight is 358 g/mol. The van der Waals surface area contributed by atoms with Crippen LogP contribution in [0.2, 0.25) is 0 Å². The van der Waals surface area contributed by atoms with Crippen LogP contribution >= 0.6 is 0 Å². The molecule has 6 heteroatoms. The topological polar surface area (TPSA) is 68.3 Å². The van der Waals surface area contributed by atoms with Crippen molar-refractivity contribution in [3.8, 4) is 0 Å². The average Bonchev–Trinajstić information content (AvgIpc) is 3.04. The number of aromatic nitrogens is 2. The van der Waals surface area contributed by atoms with Crippen LogP contribution < -0.4 is 0 Å². The van der Waals surface area contributed by atoms with Gasteiger partial charge in [0.2, 0.25) is 0 Å². The number of imidazole rings is 1. The van der Waals surface area contributed by atoms with Crippen molar-refractivity contribution >= 4 is 33.9 Å². The minimum atomic E-state index is -0.363. The van der Waals surface area contributed by atoms with Crippen molar-refractivity contribution in [3.63, 3.8) is 0 Å². The number of fused-ring (bicyclic) bond motifs is 2. The highest BCUT2D eigenvalue weighted by atomic mass is 16.5. The molecular weight excluding hydrogens is 340 g/mol. The lowest BCUT2D eigenvalue weighted by Crippen LogP contribution is -2.04. The van der Waals surface area contributed by atoms with E-state index in [9.17, 15) is 4.79 Å². The Hall–Kier alpha value is -3.54. The zero-order chi connectivity index (χ0) is 18.8. The maximum absolute atomic E-state index is 11.8. The summed E-state index contributed by atoms with van der Waals surface area (Å²) in [4.78, 5) is 16.3. The molecule has 0 aliphatic carbocycles. The van der Waals surface area contributed by atoms with Crippen LogP contribution in [0.25, 0.3) is 16.4 Å². The number of hydrogen-bond acceptors (Lipinski definition) is 5. The number of azo groups is 1. The number of carbonyl (C=O) groups is 1. The number of aryl methyl sites for hydroxylation is 1. The van der Waals surface area contributed by atoms with E-state index in [1.807, 2.05) is 72.0 Å². The van der Waals surface area contributed by atoms with Crippen molar-refractivity contribution < 1.29 is 9.53 Å². The van der Waals surface area contributed by atoms with Crippen LogP contribution in [0.15, 0.2) is 70.9 Å². The third-order valence-electron chi connectivity index (χ3n) is 4.44. The number of esters is 1. The van der Waals surface area contributed by atoms with Crippen LogP contribution in [0.1, 0.15) is 11.4 Å². The fourth-order valence-electron chi connectivity index (χ4n) is 3.11. The lowest BCUT2D eigenvalue weighted by atomic mass is 10.1. The Morgan fingerprint density at radius 3 is 2.67 bits per heavy atom. The Kier molecular flexibility index (Phi) is 4.38. The van der Waals surface area contributed by atoms with E-state index in [0.717, 1.165) is 27.8 Å². The Bertz CT molecular complexity index is 1170. The van der Waals surface area contributed by atoms with Gasteiger partial charge in [0.05, 0.1) is 24.9 Å². The predicted octanol–water partition coefficient (Wildman–Crippen LogP) is 4.93. The summed E-state index contributed by atoms with van der Waals surface area (Å²) >= 11 is 0. The first-order valence-electron chi connectivity index (χ1n) is 8.60. The van der Waals surface area contributed by atoms with Gasteiger partial charge in [-0.3, -0.25) is 9.20 Å². The molecule has 0 spiro atoms. The number of pyridine rings is 1. The first-order valence-corrected chi connectivity index (χ1v) is 8.60. The van der Waals surface area contributed by atoms with Crippen molar-refractivity contribution in [2.45, 2.75) is 13.3 Å². The molecule has 0 N–H and O–H groups in total. The summed E-state index contributed by atoms with van der Waals surface area (Å²) in [7, 11) is 1.36. The van der Waals surface area contributed by atoms with Crippen LogP contribution in [0.5, 0.6) is 0 Å². The molecular formula is C21H18N4O2. The minimum Gasteiger partial charge on any atom is -0.469 e. The Morgan fingerprint density at radius 2 is 1.81 bits per heavy atom. The van der Waals surface area contributed by atoms with Crippen LogP contribution in [0.3, 0.4) is 0 Å². The van der Waals surface area contributed by atoms with E-state index in [4.69, 9.17) is 4.74 Å². The lowest BCUT2D eigenvalue weighted by molar-refractivity contribution is -0.139. The number of hydrogen-bond donors (Lipinski definition) is 0. The molecule has 0 amide bonds. The fraction of sp³-hybridized carbons (Fsp3) is 0.143. The normalized spacial score (nSPS) is 11.5. The number of rotatable bonds is 4. The molecule has 4 rings (SSSR count). The second kappa shape index (κ2) is 6.99. The van der Waals surface area contributed by atoms with E-state index in [-0.39, 0.29) is 12.4 Å². The summed E-state index contributed by atoms with van der Waals surface area (Å²) in [6.45, 7) is 1.97. The van der Waals surface area contributed by atoms with E-state index in [1.54, 1.807) is 0 Å². The second-order valence-electron chi connectivity index (χ2n) is 6.19. The van der Waals surface area contributed by atoms with Gasteiger partial charge >= 0.3 is 5.97 Å². The van der Waals surface area contributed by atoms with Gasteiger partial charge in [0.15, 0.2) is 5.82 Å². The fourth-order valence-corrected chi connectivity index (χ4v) is 3.11. The van der Waals surface area contributed by atoms with Crippen LogP contribution in [0, 0.1) is 6.92 Å². The SMILES string of the molecule is COC(=O)Cc1nc2cccc(C)n2c1N=Nc1cccc2ccccc12. The molecule has 2 heterocycles. The highest BCUT2D eigenvalue weighted by Crippen LogP contribution is 2.30.